The fraction of sp³-hybridized carbons (Fsp3) is 0.500. The van der Waals surface area contributed by atoms with Crippen molar-refractivity contribution in [2.45, 2.75) is 45.7 Å². The first-order valence-electron chi connectivity index (χ1n) is 9.91. The minimum absolute atomic E-state index is 0.00460. The van der Waals surface area contributed by atoms with E-state index >= 15 is 0 Å². The molecule has 0 bridgehead atoms. The lowest BCUT2D eigenvalue weighted by Gasteiger charge is -2.45. The Morgan fingerprint density at radius 2 is 1.77 bits per heavy atom. The molecule has 1 unspecified atom stereocenters. The van der Waals surface area contributed by atoms with Crippen molar-refractivity contribution in [3.05, 3.63) is 48.0 Å². The first kappa shape index (κ1) is 18.7. The van der Waals surface area contributed by atoms with E-state index in [1.54, 1.807) is 0 Å². The van der Waals surface area contributed by atoms with Gasteiger partial charge < -0.3 is 10.2 Å². The number of nitrogens with one attached hydrogen (secondary N) is 1. The third-order valence-corrected chi connectivity index (χ3v) is 5.32. The van der Waals surface area contributed by atoms with Crippen molar-refractivity contribution in [1.29, 1.82) is 0 Å². The number of likely N-dealkylation sites (tertiary alicyclic amines) is 1. The van der Waals surface area contributed by atoms with Gasteiger partial charge in [0.15, 0.2) is 0 Å². The molecule has 0 aromatic heterocycles. The lowest BCUT2D eigenvalue weighted by molar-refractivity contribution is 0.0557. The Balaban J connectivity index is 1.59. The molecule has 2 aromatic carbocycles. The number of hydrogen-bond acceptors (Lipinski definition) is 2. The molecule has 0 aliphatic carbocycles. The van der Waals surface area contributed by atoms with Crippen LogP contribution in [0.1, 0.15) is 45.2 Å². The molecule has 0 saturated carbocycles. The number of rotatable bonds is 7. The van der Waals surface area contributed by atoms with E-state index in [2.05, 4.69) is 67.4 Å². The Bertz CT molecular complexity index is 728. The summed E-state index contributed by atoms with van der Waals surface area (Å²) in [6, 6.07) is 15.2. The Hall–Kier alpha value is -2.07. The molecule has 26 heavy (non-hydrogen) atoms. The fourth-order valence-electron chi connectivity index (χ4n) is 3.89. The Morgan fingerprint density at radius 1 is 1.12 bits per heavy atom. The average molecular weight is 354 g/mol. The van der Waals surface area contributed by atoms with Crippen LogP contribution in [0.5, 0.6) is 0 Å². The number of carbonyl (C=O) groups excluding carboxylic acids is 1. The van der Waals surface area contributed by atoms with E-state index in [-0.39, 0.29) is 12.1 Å². The third kappa shape index (κ3) is 4.01. The lowest BCUT2D eigenvalue weighted by atomic mass is 9.99. The minimum Gasteiger partial charge on any atom is -0.331 e. The highest BCUT2D eigenvalue weighted by molar-refractivity contribution is 5.86. The van der Waals surface area contributed by atoms with E-state index in [4.69, 9.17) is 0 Å². The summed E-state index contributed by atoms with van der Waals surface area (Å²) in [7, 11) is 0. The van der Waals surface area contributed by atoms with Crippen LogP contribution in [-0.4, -0.2) is 48.1 Å². The second-order valence-electron chi connectivity index (χ2n) is 7.33. The van der Waals surface area contributed by atoms with Crippen LogP contribution < -0.4 is 5.32 Å². The number of amides is 2. The van der Waals surface area contributed by atoms with Crippen molar-refractivity contribution in [2.24, 2.45) is 0 Å². The Morgan fingerprint density at radius 3 is 2.46 bits per heavy atom. The van der Waals surface area contributed by atoms with Crippen molar-refractivity contribution in [3.8, 4) is 0 Å². The number of fused-ring (bicyclic) bond motifs is 1. The summed E-state index contributed by atoms with van der Waals surface area (Å²) in [5, 5.41) is 5.60. The molecule has 3 rings (SSSR count). The van der Waals surface area contributed by atoms with Crippen LogP contribution in [0.3, 0.4) is 0 Å². The minimum atomic E-state index is -0.00460. The number of hydrogen-bond donors (Lipinski definition) is 1. The topological polar surface area (TPSA) is 35.6 Å². The van der Waals surface area contributed by atoms with E-state index in [9.17, 15) is 4.79 Å². The molecule has 1 atom stereocenters. The molecule has 0 radical (unpaired) electrons. The van der Waals surface area contributed by atoms with Gasteiger partial charge in [-0.15, -0.1) is 0 Å². The molecule has 0 spiro atoms. The van der Waals surface area contributed by atoms with Gasteiger partial charge in [-0.2, -0.15) is 0 Å². The summed E-state index contributed by atoms with van der Waals surface area (Å²) in [5.41, 5.74) is 1.17. The Labute approximate surface area is 157 Å². The summed E-state index contributed by atoms with van der Waals surface area (Å²) < 4.78 is 0. The summed E-state index contributed by atoms with van der Waals surface area (Å²) in [6.45, 7) is 10.4. The molecular formula is C22H31N3O. The van der Waals surface area contributed by atoms with Gasteiger partial charge in [-0.3, -0.25) is 4.90 Å². The molecule has 4 heteroatoms. The molecule has 1 fully saturated rings. The molecule has 1 saturated heterocycles. The van der Waals surface area contributed by atoms with Gasteiger partial charge in [-0.05, 0) is 49.2 Å². The smallest absolute Gasteiger partial charge is 0.317 e. The molecule has 1 aliphatic heterocycles. The number of carbonyl (C=O) groups is 1. The maximum absolute atomic E-state index is 12.6. The molecule has 140 valence electrons. The van der Waals surface area contributed by atoms with Gasteiger partial charge in [-0.25, -0.2) is 4.79 Å². The van der Waals surface area contributed by atoms with Gasteiger partial charge in [0, 0.05) is 19.1 Å². The maximum Gasteiger partial charge on any atom is 0.317 e. The molecule has 2 amide bonds. The summed E-state index contributed by atoms with van der Waals surface area (Å²) in [6.07, 6.45) is 2.33. The second-order valence-corrected chi connectivity index (χ2v) is 7.33. The molecule has 1 heterocycles. The van der Waals surface area contributed by atoms with E-state index in [1.807, 2.05) is 11.0 Å². The summed E-state index contributed by atoms with van der Waals surface area (Å²) in [5.74, 6) is 0. The van der Waals surface area contributed by atoms with Crippen LogP contribution >= 0.6 is 0 Å². The fourth-order valence-corrected chi connectivity index (χ4v) is 3.89. The zero-order valence-electron chi connectivity index (χ0n) is 16.2. The zero-order valence-corrected chi connectivity index (χ0v) is 16.2. The first-order valence-corrected chi connectivity index (χ1v) is 9.91. The van der Waals surface area contributed by atoms with Crippen LogP contribution in [0, 0.1) is 0 Å². The quantitative estimate of drug-likeness (QED) is 0.800. The van der Waals surface area contributed by atoms with Crippen molar-refractivity contribution in [1.82, 2.24) is 15.1 Å². The molecule has 1 aliphatic rings. The lowest BCUT2D eigenvalue weighted by Crippen LogP contribution is -2.63. The second kappa shape index (κ2) is 8.54. The predicted molar refractivity (Wildman–Crippen MR) is 108 cm³/mol. The maximum atomic E-state index is 12.6. The van der Waals surface area contributed by atoms with Crippen LogP contribution in [0.2, 0.25) is 0 Å². The standard InChI is InChI=1S/C22H31N3O/c1-4-13-24(14-5-2)19-15-25(16-19)22(26)23-17(3)20-12-8-10-18-9-6-7-11-21(18)20/h6-12,17,19H,4-5,13-16H2,1-3H3,(H,23,26). The molecule has 4 nitrogen and oxygen atoms in total. The monoisotopic (exact) mass is 353 g/mol. The van der Waals surface area contributed by atoms with Gasteiger partial charge in [0.25, 0.3) is 0 Å². The van der Waals surface area contributed by atoms with Crippen molar-refractivity contribution in [2.75, 3.05) is 26.2 Å². The highest BCUT2D eigenvalue weighted by Gasteiger charge is 2.34. The van der Waals surface area contributed by atoms with Gasteiger partial charge in [-0.1, -0.05) is 56.3 Å². The Kier molecular flexibility index (Phi) is 6.15. The third-order valence-electron chi connectivity index (χ3n) is 5.32. The van der Waals surface area contributed by atoms with E-state index in [0.29, 0.717) is 6.04 Å². The van der Waals surface area contributed by atoms with Gasteiger partial charge >= 0.3 is 6.03 Å². The SMILES string of the molecule is CCCN(CCC)C1CN(C(=O)NC(C)c2cccc3ccccc23)C1. The van der Waals surface area contributed by atoms with Crippen LogP contribution in [0.25, 0.3) is 10.8 Å². The molecule has 1 N–H and O–H groups in total. The molecule has 2 aromatic rings. The predicted octanol–water partition coefficient (Wildman–Crippen LogP) is 4.42. The largest absolute Gasteiger partial charge is 0.331 e. The van der Waals surface area contributed by atoms with Gasteiger partial charge in [0.2, 0.25) is 0 Å². The normalized spacial score (nSPS) is 15.9. The first-order chi connectivity index (χ1) is 12.6. The molecular weight excluding hydrogens is 322 g/mol. The summed E-state index contributed by atoms with van der Waals surface area (Å²) in [4.78, 5) is 17.1. The van der Waals surface area contributed by atoms with Crippen molar-refractivity contribution in [3.63, 3.8) is 0 Å². The van der Waals surface area contributed by atoms with Gasteiger partial charge in [0.05, 0.1) is 6.04 Å². The van der Waals surface area contributed by atoms with Gasteiger partial charge in [0.1, 0.15) is 0 Å². The van der Waals surface area contributed by atoms with Crippen molar-refractivity contribution >= 4 is 16.8 Å². The average Bonchev–Trinajstić information content (AvgIpc) is 2.60. The number of nitrogens with zero attached hydrogens (tertiary/aromatic N) is 2. The van der Waals surface area contributed by atoms with Crippen LogP contribution in [0.15, 0.2) is 42.5 Å². The summed E-state index contributed by atoms with van der Waals surface area (Å²) >= 11 is 0. The highest BCUT2D eigenvalue weighted by Crippen LogP contribution is 2.25. The highest BCUT2D eigenvalue weighted by atomic mass is 16.2. The van der Waals surface area contributed by atoms with Crippen molar-refractivity contribution < 1.29 is 4.79 Å². The zero-order chi connectivity index (χ0) is 18.5. The van der Waals surface area contributed by atoms with E-state index < -0.39 is 0 Å². The van der Waals surface area contributed by atoms with Crippen LogP contribution in [-0.2, 0) is 0 Å². The number of urea groups is 1. The number of benzene rings is 2. The van der Waals surface area contributed by atoms with E-state index in [0.717, 1.165) is 26.2 Å². The van der Waals surface area contributed by atoms with Crippen LogP contribution in [0.4, 0.5) is 4.79 Å². The van der Waals surface area contributed by atoms with E-state index in [1.165, 1.54) is 29.2 Å².